The summed E-state index contributed by atoms with van der Waals surface area (Å²) < 4.78 is 11.0. The van der Waals surface area contributed by atoms with Crippen LogP contribution in [-0.4, -0.2) is 48.5 Å². The van der Waals surface area contributed by atoms with E-state index in [1.807, 2.05) is 0 Å². The van der Waals surface area contributed by atoms with E-state index in [4.69, 9.17) is 9.47 Å². The summed E-state index contributed by atoms with van der Waals surface area (Å²) in [7, 11) is 1.74. The third-order valence-corrected chi connectivity index (χ3v) is 4.19. The van der Waals surface area contributed by atoms with E-state index < -0.39 is 5.91 Å². The Morgan fingerprint density at radius 3 is 2.63 bits per heavy atom. The van der Waals surface area contributed by atoms with Gasteiger partial charge in [-0.05, 0) is 30.7 Å². The monoisotopic (exact) mass is 369 g/mol. The molecule has 1 aliphatic heterocycles. The number of hydrogen-bond acceptors (Lipinski definition) is 5. The second-order valence-corrected chi connectivity index (χ2v) is 6.30. The van der Waals surface area contributed by atoms with Crippen molar-refractivity contribution in [2.75, 3.05) is 32.1 Å². The molecular formula is C20H23N3O4. The first-order valence-corrected chi connectivity index (χ1v) is 9.02. The molecule has 0 unspecified atom stereocenters. The molecule has 0 radical (unpaired) electrons. The lowest BCUT2D eigenvalue weighted by Crippen LogP contribution is -2.29. The van der Waals surface area contributed by atoms with E-state index in [0.717, 1.165) is 12.8 Å². The van der Waals surface area contributed by atoms with Crippen LogP contribution in [0.25, 0.3) is 0 Å². The van der Waals surface area contributed by atoms with E-state index in [9.17, 15) is 9.59 Å². The summed E-state index contributed by atoms with van der Waals surface area (Å²) in [6, 6.07) is 10.0. The van der Waals surface area contributed by atoms with Crippen molar-refractivity contribution in [3.8, 4) is 11.5 Å². The minimum atomic E-state index is -0.391. The summed E-state index contributed by atoms with van der Waals surface area (Å²) in [4.78, 5) is 30.8. The normalized spacial score (nSPS) is 12.4. The maximum Gasteiger partial charge on any atom is 0.274 e. The van der Waals surface area contributed by atoms with Crippen LogP contribution in [0.2, 0.25) is 0 Å². The van der Waals surface area contributed by atoms with Gasteiger partial charge in [0.15, 0.2) is 11.5 Å². The van der Waals surface area contributed by atoms with Gasteiger partial charge in [-0.15, -0.1) is 0 Å². The second-order valence-electron chi connectivity index (χ2n) is 6.30. The van der Waals surface area contributed by atoms with Crippen molar-refractivity contribution in [3.05, 3.63) is 47.8 Å². The van der Waals surface area contributed by atoms with E-state index in [-0.39, 0.29) is 17.3 Å². The van der Waals surface area contributed by atoms with Crippen molar-refractivity contribution in [2.24, 2.45) is 0 Å². The predicted octanol–water partition coefficient (Wildman–Crippen LogP) is 2.98. The first-order valence-electron chi connectivity index (χ1n) is 9.02. The fourth-order valence-electron chi connectivity index (χ4n) is 2.69. The lowest BCUT2D eigenvalue weighted by Gasteiger charge is -2.19. The molecule has 0 saturated carbocycles. The number of anilines is 1. The number of benzene rings is 1. The van der Waals surface area contributed by atoms with Gasteiger partial charge in [0.2, 0.25) is 0 Å². The number of unbranched alkanes of at least 4 members (excludes halogenated alkanes) is 1. The van der Waals surface area contributed by atoms with Gasteiger partial charge in [-0.25, -0.2) is 4.98 Å². The van der Waals surface area contributed by atoms with Crippen LogP contribution in [0.1, 0.15) is 40.7 Å². The summed E-state index contributed by atoms with van der Waals surface area (Å²) in [6.07, 6.45) is 1.93. The van der Waals surface area contributed by atoms with E-state index in [2.05, 4.69) is 17.2 Å². The van der Waals surface area contributed by atoms with Gasteiger partial charge in [-0.3, -0.25) is 9.59 Å². The molecule has 3 rings (SSSR count). The Hall–Kier alpha value is -3.09. The number of nitrogens with one attached hydrogen (secondary N) is 1. The Kier molecular flexibility index (Phi) is 5.90. The van der Waals surface area contributed by atoms with E-state index >= 15 is 0 Å². The Morgan fingerprint density at radius 1 is 1.11 bits per heavy atom. The molecule has 7 nitrogen and oxygen atoms in total. The molecule has 1 aromatic heterocycles. The number of nitrogens with zero attached hydrogens (tertiary/aromatic N) is 2. The van der Waals surface area contributed by atoms with Crippen LogP contribution in [0.15, 0.2) is 36.4 Å². The quantitative estimate of drug-likeness (QED) is 0.847. The summed E-state index contributed by atoms with van der Waals surface area (Å²) in [5.74, 6) is 0.656. The Bertz CT molecular complexity index is 838. The molecule has 1 aromatic carbocycles. The molecule has 0 saturated heterocycles. The minimum absolute atomic E-state index is 0.180. The summed E-state index contributed by atoms with van der Waals surface area (Å²) >= 11 is 0. The highest BCUT2D eigenvalue weighted by atomic mass is 16.6. The van der Waals surface area contributed by atoms with Crippen molar-refractivity contribution in [3.63, 3.8) is 0 Å². The first-order chi connectivity index (χ1) is 13.1. The van der Waals surface area contributed by atoms with Crippen molar-refractivity contribution >= 4 is 17.5 Å². The first kappa shape index (κ1) is 18.7. The van der Waals surface area contributed by atoms with Crippen LogP contribution in [-0.2, 0) is 0 Å². The molecule has 27 heavy (non-hydrogen) atoms. The second kappa shape index (κ2) is 8.53. The lowest BCUT2D eigenvalue weighted by molar-refractivity contribution is 0.0787. The SMILES string of the molecule is CCCCN(C)C(=O)c1cccc(C(=O)Nc2ccc3c(c2)OCCO3)n1. The van der Waals surface area contributed by atoms with Gasteiger partial charge < -0.3 is 19.7 Å². The zero-order valence-corrected chi connectivity index (χ0v) is 15.5. The van der Waals surface area contributed by atoms with Gasteiger partial charge in [-0.2, -0.15) is 0 Å². The molecule has 142 valence electrons. The zero-order chi connectivity index (χ0) is 19.2. The molecular weight excluding hydrogens is 346 g/mol. The number of amides is 2. The maximum atomic E-state index is 12.5. The highest BCUT2D eigenvalue weighted by molar-refractivity contribution is 6.04. The van der Waals surface area contributed by atoms with Gasteiger partial charge in [0.25, 0.3) is 11.8 Å². The molecule has 0 bridgehead atoms. The number of fused-ring (bicyclic) bond motifs is 1. The molecule has 0 spiro atoms. The van der Waals surface area contributed by atoms with Crippen LogP contribution in [0.5, 0.6) is 11.5 Å². The molecule has 1 aliphatic rings. The number of aromatic nitrogens is 1. The van der Waals surface area contributed by atoms with Gasteiger partial charge >= 0.3 is 0 Å². The van der Waals surface area contributed by atoms with Crippen LogP contribution >= 0.6 is 0 Å². The Labute approximate surface area is 158 Å². The fraction of sp³-hybridized carbons (Fsp3) is 0.350. The topological polar surface area (TPSA) is 80.8 Å². The highest BCUT2D eigenvalue weighted by Crippen LogP contribution is 2.32. The van der Waals surface area contributed by atoms with E-state index in [1.54, 1.807) is 48.3 Å². The Morgan fingerprint density at radius 2 is 1.85 bits per heavy atom. The van der Waals surface area contributed by atoms with E-state index in [0.29, 0.717) is 36.9 Å². The van der Waals surface area contributed by atoms with Gasteiger partial charge in [0.1, 0.15) is 24.6 Å². The maximum absolute atomic E-state index is 12.5. The average Bonchev–Trinajstić information content (AvgIpc) is 2.71. The molecule has 2 heterocycles. The van der Waals surface area contributed by atoms with Crippen molar-refractivity contribution in [2.45, 2.75) is 19.8 Å². The molecule has 2 aromatic rings. The summed E-state index contributed by atoms with van der Waals surface area (Å²) in [5, 5.41) is 2.78. The fourth-order valence-corrected chi connectivity index (χ4v) is 2.69. The number of ether oxygens (including phenoxy) is 2. The number of hydrogen-bond donors (Lipinski definition) is 1. The zero-order valence-electron chi connectivity index (χ0n) is 15.5. The van der Waals surface area contributed by atoms with Gasteiger partial charge in [-0.1, -0.05) is 19.4 Å². The van der Waals surface area contributed by atoms with Crippen LogP contribution in [0, 0.1) is 0 Å². The molecule has 1 N–H and O–H groups in total. The standard InChI is InChI=1S/C20H23N3O4/c1-3-4-10-23(2)20(25)16-7-5-6-15(22-16)19(24)21-14-8-9-17-18(13-14)27-12-11-26-17/h5-9,13H,3-4,10-12H2,1-2H3,(H,21,24). The van der Waals surface area contributed by atoms with Crippen LogP contribution < -0.4 is 14.8 Å². The van der Waals surface area contributed by atoms with Crippen molar-refractivity contribution < 1.29 is 19.1 Å². The van der Waals surface area contributed by atoms with Gasteiger partial charge in [0, 0.05) is 25.3 Å². The predicted molar refractivity (Wildman–Crippen MR) is 101 cm³/mol. The smallest absolute Gasteiger partial charge is 0.274 e. The van der Waals surface area contributed by atoms with Gasteiger partial charge in [0.05, 0.1) is 0 Å². The number of carbonyl (C=O) groups is 2. The largest absolute Gasteiger partial charge is 0.486 e. The summed E-state index contributed by atoms with van der Waals surface area (Å²) in [5.41, 5.74) is 1.01. The minimum Gasteiger partial charge on any atom is -0.486 e. The molecule has 0 aliphatic carbocycles. The lowest BCUT2D eigenvalue weighted by atomic mass is 10.2. The number of rotatable bonds is 6. The van der Waals surface area contributed by atoms with Crippen molar-refractivity contribution in [1.29, 1.82) is 0 Å². The van der Waals surface area contributed by atoms with Crippen LogP contribution in [0.3, 0.4) is 0 Å². The third kappa shape index (κ3) is 4.55. The highest BCUT2D eigenvalue weighted by Gasteiger charge is 2.17. The van der Waals surface area contributed by atoms with Crippen molar-refractivity contribution in [1.82, 2.24) is 9.88 Å². The molecule has 7 heteroatoms. The summed E-state index contributed by atoms with van der Waals surface area (Å²) in [6.45, 7) is 3.71. The number of pyridine rings is 1. The molecule has 0 fully saturated rings. The Balaban J connectivity index is 1.71. The molecule has 0 atom stereocenters. The van der Waals surface area contributed by atoms with Crippen LogP contribution in [0.4, 0.5) is 5.69 Å². The molecule has 2 amide bonds. The average molecular weight is 369 g/mol. The van der Waals surface area contributed by atoms with E-state index in [1.165, 1.54) is 0 Å². The third-order valence-electron chi connectivity index (χ3n) is 4.19. The number of carbonyl (C=O) groups excluding carboxylic acids is 2.